The Balaban J connectivity index is 2.06. The van der Waals surface area contributed by atoms with Gasteiger partial charge in [-0.05, 0) is 38.1 Å². The molecular formula is C17H16BrClO2. The van der Waals surface area contributed by atoms with Crippen molar-refractivity contribution in [2.45, 2.75) is 32.0 Å². The van der Waals surface area contributed by atoms with Gasteiger partial charge in [0, 0.05) is 27.0 Å². The van der Waals surface area contributed by atoms with Crippen LogP contribution in [0.5, 0.6) is 5.75 Å². The largest absolute Gasteiger partial charge is 0.482 e. The zero-order chi connectivity index (χ0) is 15.2. The summed E-state index contributed by atoms with van der Waals surface area (Å²) in [6.07, 6.45) is -0.0801. The molecule has 4 heteroatoms. The van der Waals surface area contributed by atoms with E-state index in [2.05, 4.69) is 15.9 Å². The summed E-state index contributed by atoms with van der Waals surface area (Å²) < 4.78 is 7.12. The monoisotopic (exact) mass is 366 g/mol. The number of aliphatic hydroxyl groups is 1. The SMILES string of the molecule is Cc1ccc2c(c1)[C@@H](O)CC(C)(c1ccc(Br)cc1Cl)O2. The first-order valence-corrected chi connectivity index (χ1v) is 7.99. The Kier molecular flexibility index (Phi) is 3.76. The lowest BCUT2D eigenvalue weighted by molar-refractivity contribution is -0.00482. The third-order valence-corrected chi connectivity index (χ3v) is 4.75. The molecule has 2 aromatic rings. The lowest BCUT2D eigenvalue weighted by Gasteiger charge is -2.39. The van der Waals surface area contributed by atoms with Crippen molar-refractivity contribution in [1.82, 2.24) is 0 Å². The molecule has 1 aliphatic heterocycles. The lowest BCUT2D eigenvalue weighted by Crippen LogP contribution is -2.36. The topological polar surface area (TPSA) is 29.5 Å². The van der Waals surface area contributed by atoms with Gasteiger partial charge in [0.25, 0.3) is 0 Å². The quantitative estimate of drug-likeness (QED) is 0.756. The van der Waals surface area contributed by atoms with Gasteiger partial charge in [-0.1, -0.05) is 45.2 Å². The van der Waals surface area contributed by atoms with Gasteiger partial charge in [0.05, 0.1) is 6.10 Å². The molecule has 0 bridgehead atoms. The van der Waals surface area contributed by atoms with Crippen LogP contribution < -0.4 is 4.74 Å². The maximum absolute atomic E-state index is 10.5. The summed E-state index contributed by atoms with van der Waals surface area (Å²) in [7, 11) is 0. The van der Waals surface area contributed by atoms with Crippen molar-refractivity contribution in [2.75, 3.05) is 0 Å². The second-order valence-electron chi connectivity index (χ2n) is 5.72. The third kappa shape index (κ3) is 2.70. The smallest absolute Gasteiger partial charge is 0.135 e. The summed E-state index contributed by atoms with van der Waals surface area (Å²) in [6, 6.07) is 11.6. The first-order chi connectivity index (χ1) is 9.89. The molecular weight excluding hydrogens is 352 g/mol. The number of hydrogen-bond acceptors (Lipinski definition) is 2. The molecule has 0 saturated heterocycles. The van der Waals surface area contributed by atoms with E-state index in [9.17, 15) is 5.11 Å². The van der Waals surface area contributed by atoms with Crippen LogP contribution in [-0.4, -0.2) is 5.11 Å². The average Bonchev–Trinajstić information content (AvgIpc) is 2.39. The first kappa shape index (κ1) is 14.9. The molecule has 1 N–H and O–H groups in total. The molecule has 1 unspecified atom stereocenters. The summed E-state index contributed by atoms with van der Waals surface area (Å²) in [6.45, 7) is 3.97. The fraction of sp³-hybridized carbons (Fsp3) is 0.294. The Morgan fingerprint density at radius 3 is 2.76 bits per heavy atom. The van der Waals surface area contributed by atoms with E-state index in [-0.39, 0.29) is 0 Å². The van der Waals surface area contributed by atoms with Gasteiger partial charge in [-0.25, -0.2) is 0 Å². The molecule has 2 atom stereocenters. The number of benzene rings is 2. The number of rotatable bonds is 1. The van der Waals surface area contributed by atoms with Crippen molar-refractivity contribution in [3.05, 3.63) is 62.6 Å². The van der Waals surface area contributed by atoms with E-state index in [1.165, 1.54) is 0 Å². The highest BCUT2D eigenvalue weighted by Gasteiger charge is 2.39. The Morgan fingerprint density at radius 2 is 2.05 bits per heavy atom. The van der Waals surface area contributed by atoms with Crippen LogP contribution in [0.2, 0.25) is 5.02 Å². The Hall–Kier alpha value is -1.03. The number of hydrogen-bond donors (Lipinski definition) is 1. The average molecular weight is 368 g/mol. The highest BCUT2D eigenvalue weighted by Crippen LogP contribution is 2.46. The predicted octanol–water partition coefficient (Wildman–Crippen LogP) is 5.14. The highest BCUT2D eigenvalue weighted by molar-refractivity contribution is 9.10. The molecule has 2 aromatic carbocycles. The standard InChI is InChI=1S/C17H16BrClO2/c1-10-3-6-16-12(7-10)15(20)9-17(2,21-16)13-5-4-11(18)8-14(13)19/h3-8,15,20H,9H2,1-2H3/t15-,17?/m0/s1. The van der Waals surface area contributed by atoms with Crippen molar-refractivity contribution in [3.63, 3.8) is 0 Å². The number of ether oxygens (including phenoxy) is 1. The summed E-state index contributed by atoms with van der Waals surface area (Å²) >= 11 is 9.77. The molecule has 0 spiro atoms. The summed E-state index contributed by atoms with van der Waals surface area (Å²) in [4.78, 5) is 0. The van der Waals surface area contributed by atoms with Crippen LogP contribution in [0.25, 0.3) is 0 Å². The molecule has 0 radical (unpaired) electrons. The molecule has 3 rings (SSSR count). The Morgan fingerprint density at radius 1 is 1.29 bits per heavy atom. The summed E-state index contributed by atoms with van der Waals surface area (Å²) in [5, 5.41) is 11.1. The van der Waals surface area contributed by atoms with Crippen LogP contribution in [0, 0.1) is 6.92 Å². The number of aliphatic hydroxyl groups excluding tert-OH is 1. The van der Waals surface area contributed by atoms with Crippen LogP contribution in [0.3, 0.4) is 0 Å². The van der Waals surface area contributed by atoms with E-state index in [0.29, 0.717) is 11.4 Å². The van der Waals surface area contributed by atoms with Crippen molar-refractivity contribution in [1.29, 1.82) is 0 Å². The van der Waals surface area contributed by atoms with Gasteiger partial charge in [0.2, 0.25) is 0 Å². The van der Waals surface area contributed by atoms with Crippen molar-refractivity contribution < 1.29 is 9.84 Å². The summed E-state index contributed by atoms with van der Waals surface area (Å²) in [5.41, 5.74) is 2.21. The van der Waals surface area contributed by atoms with Crippen LogP contribution in [0.1, 0.15) is 36.1 Å². The number of aryl methyl sites for hydroxylation is 1. The second kappa shape index (κ2) is 5.31. The first-order valence-electron chi connectivity index (χ1n) is 6.82. The van der Waals surface area contributed by atoms with Gasteiger partial charge < -0.3 is 9.84 Å². The molecule has 0 aromatic heterocycles. The molecule has 0 fully saturated rings. The molecule has 1 aliphatic rings. The lowest BCUT2D eigenvalue weighted by atomic mass is 9.84. The van der Waals surface area contributed by atoms with Crippen LogP contribution >= 0.6 is 27.5 Å². The fourth-order valence-electron chi connectivity index (χ4n) is 2.87. The maximum Gasteiger partial charge on any atom is 0.135 e. The van der Waals surface area contributed by atoms with Crippen molar-refractivity contribution in [2.24, 2.45) is 0 Å². The van der Waals surface area contributed by atoms with E-state index >= 15 is 0 Å². The fourth-order valence-corrected chi connectivity index (χ4v) is 3.74. The zero-order valence-electron chi connectivity index (χ0n) is 11.9. The van der Waals surface area contributed by atoms with Gasteiger partial charge in [-0.3, -0.25) is 0 Å². The molecule has 110 valence electrons. The highest BCUT2D eigenvalue weighted by atomic mass is 79.9. The Bertz CT molecular complexity index is 701. The van der Waals surface area contributed by atoms with Crippen LogP contribution in [0.4, 0.5) is 0 Å². The van der Waals surface area contributed by atoms with Gasteiger partial charge in [0.1, 0.15) is 11.4 Å². The zero-order valence-corrected chi connectivity index (χ0v) is 14.2. The molecule has 21 heavy (non-hydrogen) atoms. The van der Waals surface area contributed by atoms with E-state index in [4.69, 9.17) is 16.3 Å². The molecule has 1 heterocycles. The molecule has 0 aliphatic carbocycles. The van der Waals surface area contributed by atoms with Gasteiger partial charge in [-0.15, -0.1) is 0 Å². The minimum atomic E-state index is -0.639. The van der Waals surface area contributed by atoms with Crippen LogP contribution in [-0.2, 0) is 5.60 Å². The Labute approximate surface area is 137 Å². The number of fused-ring (bicyclic) bond motifs is 1. The minimum absolute atomic E-state index is 0.477. The van der Waals surface area contributed by atoms with E-state index in [1.807, 2.05) is 50.2 Å². The second-order valence-corrected chi connectivity index (χ2v) is 7.04. The van der Waals surface area contributed by atoms with Crippen molar-refractivity contribution in [3.8, 4) is 5.75 Å². The minimum Gasteiger partial charge on any atom is -0.482 e. The molecule has 0 amide bonds. The molecule has 0 saturated carbocycles. The maximum atomic E-state index is 10.5. The van der Waals surface area contributed by atoms with E-state index in [0.717, 1.165) is 26.9 Å². The predicted molar refractivity (Wildman–Crippen MR) is 87.9 cm³/mol. The van der Waals surface area contributed by atoms with Gasteiger partial charge in [-0.2, -0.15) is 0 Å². The van der Waals surface area contributed by atoms with E-state index in [1.54, 1.807) is 0 Å². The normalized spacial score (nSPS) is 24.3. The van der Waals surface area contributed by atoms with Gasteiger partial charge >= 0.3 is 0 Å². The van der Waals surface area contributed by atoms with Crippen LogP contribution in [0.15, 0.2) is 40.9 Å². The molecule has 2 nitrogen and oxygen atoms in total. The third-order valence-electron chi connectivity index (χ3n) is 3.94. The van der Waals surface area contributed by atoms with Gasteiger partial charge in [0.15, 0.2) is 0 Å². The van der Waals surface area contributed by atoms with E-state index < -0.39 is 11.7 Å². The van der Waals surface area contributed by atoms with Crippen molar-refractivity contribution >= 4 is 27.5 Å². The number of halogens is 2. The summed E-state index contributed by atoms with van der Waals surface area (Å²) in [5.74, 6) is 0.723.